The number of fused-ring (bicyclic) bond motifs is 2. The SMILES string of the molecule is COC(=O)c1cc(OC)c2c(c1-c1c(C(=O)Oc3c(Br)cc(Br)cc3/C=C3/SC(=O)NC3=O)cc(OC)c3c1OCO3)OCO2. The first kappa shape index (κ1) is 30.6. The molecule has 232 valence electrons. The lowest BCUT2D eigenvalue weighted by molar-refractivity contribution is -0.115. The number of benzene rings is 3. The van der Waals surface area contributed by atoms with E-state index in [2.05, 4.69) is 37.2 Å². The van der Waals surface area contributed by atoms with E-state index in [1.807, 2.05) is 0 Å². The molecule has 2 amide bonds. The minimum absolute atomic E-state index is 0.0266. The summed E-state index contributed by atoms with van der Waals surface area (Å²) in [5.74, 6) is -1.37. The van der Waals surface area contributed by atoms with E-state index in [1.54, 1.807) is 12.1 Å². The minimum Gasteiger partial charge on any atom is -0.493 e. The average molecular weight is 765 g/mol. The summed E-state index contributed by atoms with van der Waals surface area (Å²) in [6, 6.07) is 6.02. The van der Waals surface area contributed by atoms with Gasteiger partial charge in [-0.2, -0.15) is 0 Å². The summed E-state index contributed by atoms with van der Waals surface area (Å²) in [5.41, 5.74) is 0.327. The smallest absolute Gasteiger partial charge is 0.344 e. The van der Waals surface area contributed by atoms with Gasteiger partial charge in [-0.1, -0.05) is 15.9 Å². The molecule has 3 aromatic rings. The van der Waals surface area contributed by atoms with Gasteiger partial charge in [0.1, 0.15) is 0 Å². The quantitative estimate of drug-likeness (QED) is 0.178. The first-order valence-electron chi connectivity index (χ1n) is 12.7. The molecule has 0 spiro atoms. The molecule has 3 heterocycles. The van der Waals surface area contributed by atoms with Gasteiger partial charge in [-0.05, 0) is 58.0 Å². The summed E-state index contributed by atoms with van der Waals surface area (Å²) in [6.45, 7) is -0.411. The number of carbonyl (C=O) groups is 4. The minimum atomic E-state index is -0.914. The molecule has 0 aromatic heterocycles. The van der Waals surface area contributed by atoms with Gasteiger partial charge in [0.2, 0.25) is 25.1 Å². The van der Waals surface area contributed by atoms with Crippen LogP contribution in [0.25, 0.3) is 17.2 Å². The fourth-order valence-corrected chi connectivity index (χ4v) is 6.83. The van der Waals surface area contributed by atoms with E-state index in [0.717, 1.165) is 0 Å². The van der Waals surface area contributed by atoms with Gasteiger partial charge < -0.3 is 37.9 Å². The van der Waals surface area contributed by atoms with Crippen LogP contribution in [0.5, 0.6) is 40.2 Å². The second kappa shape index (κ2) is 12.2. The van der Waals surface area contributed by atoms with Crippen molar-refractivity contribution in [3.63, 3.8) is 0 Å². The molecule has 6 rings (SSSR count). The molecule has 13 nitrogen and oxygen atoms in total. The second-order valence-electron chi connectivity index (χ2n) is 9.17. The molecule has 0 unspecified atom stereocenters. The summed E-state index contributed by atoms with van der Waals surface area (Å²) in [7, 11) is 3.98. The van der Waals surface area contributed by atoms with E-state index in [4.69, 9.17) is 37.9 Å². The zero-order valence-electron chi connectivity index (χ0n) is 23.4. The third-order valence-electron chi connectivity index (χ3n) is 6.69. The van der Waals surface area contributed by atoms with Gasteiger partial charge in [0.25, 0.3) is 11.1 Å². The van der Waals surface area contributed by atoms with Crippen molar-refractivity contribution in [1.29, 1.82) is 0 Å². The van der Waals surface area contributed by atoms with Gasteiger partial charge in [-0.15, -0.1) is 0 Å². The summed E-state index contributed by atoms with van der Waals surface area (Å²) in [5, 5.41) is 1.66. The van der Waals surface area contributed by atoms with Crippen LogP contribution in [0.15, 0.2) is 38.1 Å². The van der Waals surface area contributed by atoms with Crippen LogP contribution in [-0.4, -0.2) is 58.0 Å². The highest BCUT2D eigenvalue weighted by Gasteiger charge is 2.38. The van der Waals surface area contributed by atoms with Gasteiger partial charge in [-0.3, -0.25) is 14.9 Å². The summed E-state index contributed by atoms with van der Waals surface area (Å²) < 4.78 is 45.8. The van der Waals surface area contributed by atoms with Crippen molar-refractivity contribution in [3.8, 4) is 51.4 Å². The van der Waals surface area contributed by atoms with Crippen LogP contribution < -0.4 is 38.5 Å². The van der Waals surface area contributed by atoms with Gasteiger partial charge in [-0.25, -0.2) is 9.59 Å². The number of carbonyl (C=O) groups excluding carboxylic acids is 4. The van der Waals surface area contributed by atoms with Crippen molar-refractivity contribution in [2.45, 2.75) is 0 Å². The van der Waals surface area contributed by atoms with E-state index >= 15 is 0 Å². The van der Waals surface area contributed by atoms with Crippen LogP contribution in [0.1, 0.15) is 26.3 Å². The molecule has 0 saturated carbocycles. The van der Waals surface area contributed by atoms with E-state index < -0.39 is 23.1 Å². The number of halogens is 2. The zero-order valence-corrected chi connectivity index (χ0v) is 27.4. The van der Waals surface area contributed by atoms with Crippen molar-refractivity contribution in [2.24, 2.45) is 0 Å². The second-order valence-corrected chi connectivity index (χ2v) is 12.0. The maximum Gasteiger partial charge on any atom is 0.344 e. The van der Waals surface area contributed by atoms with Crippen LogP contribution in [-0.2, 0) is 9.53 Å². The summed E-state index contributed by atoms with van der Waals surface area (Å²) in [6.07, 6.45) is 1.42. The molecular formula is C29H19Br2NO12S. The first-order chi connectivity index (χ1) is 21.6. The Balaban J connectivity index is 1.57. The Morgan fingerprint density at radius 1 is 0.822 bits per heavy atom. The number of amides is 2. The predicted octanol–water partition coefficient (Wildman–Crippen LogP) is 5.68. The van der Waals surface area contributed by atoms with Crippen molar-refractivity contribution in [3.05, 3.63) is 54.8 Å². The van der Waals surface area contributed by atoms with E-state index in [-0.39, 0.29) is 81.0 Å². The molecule has 1 fully saturated rings. The Hall–Kier alpha value is -4.41. The van der Waals surface area contributed by atoms with Crippen molar-refractivity contribution in [1.82, 2.24) is 5.32 Å². The molecule has 3 aliphatic heterocycles. The molecule has 16 heteroatoms. The number of ether oxygens (including phenoxy) is 8. The number of thioether (sulfide) groups is 1. The maximum absolute atomic E-state index is 14.2. The van der Waals surface area contributed by atoms with Crippen LogP contribution >= 0.6 is 43.6 Å². The number of rotatable bonds is 7. The van der Waals surface area contributed by atoms with Crippen molar-refractivity contribution < 1.29 is 57.1 Å². The monoisotopic (exact) mass is 763 g/mol. The van der Waals surface area contributed by atoms with Gasteiger partial charge in [0.15, 0.2) is 28.7 Å². The maximum atomic E-state index is 14.2. The highest BCUT2D eigenvalue weighted by atomic mass is 79.9. The number of hydrogen-bond donors (Lipinski definition) is 1. The molecule has 3 aromatic carbocycles. The van der Waals surface area contributed by atoms with Crippen LogP contribution in [0.3, 0.4) is 0 Å². The van der Waals surface area contributed by atoms with Gasteiger partial charge in [0, 0.05) is 21.2 Å². The standard InChI is InChI=1S/C29H19Br2NO12S/c1-37-16-7-13(27(34)39-3)19(24-22(16)40-9-42-24)20-14(8-17(38-2)23-25(20)43-10-41-23)28(35)44-21-11(4-12(30)6-15(21)31)5-18-26(33)32-29(36)45-18/h4-8H,9-10H2,1-3H3,(H,32,33,36)/b18-5+. The molecule has 0 radical (unpaired) electrons. The van der Waals surface area contributed by atoms with E-state index in [1.165, 1.54) is 39.5 Å². The lowest BCUT2D eigenvalue weighted by Gasteiger charge is -2.19. The number of hydrogen-bond acceptors (Lipinski definition) is 13. The van der Waals surface area contributed by atoms with Gasteiger partial charge in [0.05, 0.1) is 41.8 Å². The Morgan fingerprint density at radius 3 is 1.89 bits per heavy atom. The number of imide groups is 1. The number of esters is 2. The predicted molar refractivity (Wildman–Crippen MR) is 164 cm³/mol. The normalized spacial score (nSPS) is 15.3. The Kier molecular flexibility index (Phi) is 8.28. The fourth-order valence-electron chi connectivity index (χ4n) is 4.81. The summed E-state index contributed by atoms with van der Waals surface area (Å²) in [4.78, 5) is 51.5. The fraction of sp³-hybridized carbons (Fsp3) is 0.172. The molecule has 0 atom stereocenters. The Labute approximate surface area is 275 Å². The highest BCUT2D eigenvalue weighted by Crippen LogP contribution is 2.57. The third kappa shape index (κ3) is 5.42. The molecule has 0 aliphatic carbocycles. The molecule has 45 heavy (non-hydrogen) atoms. The molecule has 0 bridgehead atoms. The summed E-state index contributed by atoms with van der Waals surface area (Å²) >= 11 is 7.53. The zero-order chi connectivity index (χ0) is 32.0. The van der Waals surface area contributed by atoms with Crippen LogP contribution in [0.2, 0.25) is 0 Å². The lowest BCUT2D eigenvalue weighted by atomic mass is 9.91. The number of methoxy groups -OCH3 is 3. The van der Waals surface area contributed by atoms with Crippen LogP contribution in [0, 0.1) is 0 Å². The van der Waals surface area contributed by atoms with E-state index in [9.17, 15) is 19.2 Å². The average Bonchev–Trinajstić information content (AvgIpc) is 3.77. The molecule has 3 aliphatic rings. The third-order valence-corrected chi connectivity index (χ3v) is 8.55. The Morgan fingerprint density at radius 2 is 1.38 bits per heavy atom. The van der Waals surface area contributed by atoms with Crippen molar-refractivity contribution in [2.75, 3.05) is 34.9 Å². The first-order valence-corrected chi connectivity index (χ1v) is 15.1. The van der Waals surface area contributed by atoms with E-state index in [0.29, 0.717) is 26.3 Å². The Bertz CT molecular complexity index is 1860. The number of nitrogens with one attached hydrogen (secondary N) is 1. The van der Waals surface area contributed by atoms with Gasteiger partial charge >= 0.3 is 11.9 Å². The topological polar surface area (TPSA) is 154 Å². The van der Waals surface area contributed by atoms with Crippen LogP contribution in [0.4, 0.5) is 4.79 Å². The van der Waals surface area contributed by atoms with Crippen molar-refractivity contribution >= 4 is 72.8 Å². The molecule has 1 saturated heterocycles. The largest absolute Gasteiger partial charge is 0.493 e. The highest BCUT2D eigenvalue weighted by molar-refractivity contribution is 9.11. The molecular weight excluding hydrogens is 746 g/mol. The lowest BCUT2D eigenvalue weighted by Crippen LogP contribution is -2.17. The molecule has 1 N–H and O–H groups in total.